The van der Waals surface area contributed by atoms with E-state index in [1.807, 2.05) is 0 Å². The normalized spacial score (nSPS) is 12.0. The molecule has 0 aliphatic rings. The van der Waals surface area contributed by atoms with Crippen LogP contribution in [-0.2, 0) is 0 Å². The molecule has 0 bridgehead atoms. The van der Waals surface area contributed by atoms with Crippen LogP contribution in [0.3, 0.4) is 0 Å². The van der Waals surface area contributed by atoms with E-state index in [0.29, 0.717) is 0 Å². The van der Waals surface area contributed by atoms with Gasteiger partial charge in [0.25, 0.3) is 0 Å². The van der Waals surface area contributed by atoms with Gasteiger partial charge in [0, 0.05) is 22.9 Å². The Balaban J connectivity index is 1.48. The average molecular weight is 892 g/mol. The second-order valence-electron chi connectivity index (χ2n) is 12.4. The number of hydrogen-bond acceptors (Lipinski definition) is 3. The van der Waals surface area contributed by atoms with Gasteiger partial charge in [-0.05, 0) is 0 Å². The summed E-state index contributed by atoms with van der Waals surface area (Å²) < 4.78 is 330. The maximum Gasteiger partial charge on any atom is 0.864 e. The van der Waals surface area contributed by atoms with Gasteiger partial charge < -0.3 is 14.0 Å². The summed E-state index contributed by atoms with van der Waals surface area (Å²) in [7, 11) is -3.87. The zero-order chi connectivity index (χ0) is 44.7. The lowest BCUT2D eigenvalue weighted by Crippen LogP contribution is -2.38. The number of halogens is 21. The zero-order valence-electron chi connectivity index (χ0n) is 27.9. The molecule has 0 aliphatic heterocycles. The van der Waals surface area contributed by atoms with Crippen molar-refractivity contribution < 1.29 is 106 Å². The summed E-state index contributed by atoms with van der Waals surface area (Å²) in [5.41, 5.74) is 0. The highest BCUT2D eigenvalue weighted by atomic mass is 19.2. The van der Waals surface area contributed by atoms with Crippen LogP contribution in [0.15, 0.2) is 12.1 Å². The molecule has 314 valence electrons. The fourth-order valence-corrected chi connectivity index (χ4v) is 6.65. The van der Waals surface area contributed by atoms with E-state index in [2.05, 4.69) is 9.31 Å². The van der Waals surface area contributed by atoms with Crippen molar-refractivity contribution in [1.29, 1.82) is 0 Å². The Morgan fingerprint density at radius 1 is 0.246 bits per heavy atom. The SMILES string of the molecule is Fc1cc(F)c(F)c(OB(Oc2c(F)c(F)c(F)c3c(F)c4c(F)c(F)c(F)c(F)c4c(F)c23)Oc2c(F)c(F)c3c(F)c(F)c4c(F)c(F)c(F)c5c(F)c(F)c2c3c45)c1. The highest BCUT2D eigenvalue weighted by Crippen LogP contribution is 2.49. The molecule has 0 saturated carbocycles. The van der Waals surface area contributed by atoms with Crippen LogP contribution in [-0.4, -0.2) is 7.32 Å². The Morgan fingerprint density at radius 3 is 0.984 bits per heavy atom. The van der Waals surface area contributed by atoms with Gasteiger partial charge in [0.1, 0.15) is 23.2 Å². The van der Waals surface area contributed by atoms with E-state index in [1.54, 1.807) is 0 Å². The van der Waals surface area contributed by atoms with Crippen molar-refractivity contribution in [2.24, 2.45) is 0 Å². The second-order valence-corrected chi connectivity index (χ2v) is 12.4. The lowest BCUT2D eigenvalue weighted by atomic mass is 9.90. The van der Waals surface area contributed by atoms with Gasteiger partial charge in [-0.25, -0.2) is 79.0 Å². The maximum absolute atomic E-state index is 16.0. The van der Waals surface area contributed by atoms with Crippen LogP contribution in [0.1, 0.15) is 0 Å². The first-order chi connectivity index (χ1) is 28.5. The summed E-state index contributed by atoms with van der Waals surface area (Å²) in [6, 6.07) is -0.427. The third-order valence-corrected chi connectivity index (χ3v) is 9.21. The van der Waals surface area contributed by atoms with Crippen molar-refractivity contribution in [3.05, 3.63) is 134 Å². The van der Waals surface area contributed by atoms with Gasteiger partial charge >= 0.3 is 7.32 Å². The number of rotatable bonds is 6. The Labute approximate surface area is 319 Å². The van der Waals surface area contributed by atoms with Gasteiger partial charge in [-0.15, -0.1) is 0 Å². The fourth-order valence-electron chi connectivity index (χ4n) is 6.65. The van der Waals surface area contributed by atoms with Crippen molar-refractivity contribution in [1.82, 2.24) is 0 Å². The second kappa shape index (κ2) is 13.7. The lowest BCUT2D eigenvalue weighted by Gasteiger charge is -2.22. The summed E-state index contributed by atoms with van der Waals surface area (Å²) in [6.45, 7) is 0. The summed E-state index contributed by atoms with van der Waals surface area (Å²) in [5.74, 6) is -64.0. The molecule has 8 rings (SSSR count). The molecule has 0 aromatic heterocycles. The number of hydrogen-bond donors (Lipinski definition) is 0. The first-order valence-corrected chi connectivity index (χ1v) is 15.7. The summed E-state index contributed by atoms with van der Waals surface area (Å²) >= 11 is 0. The highest BCUT2D eigenvalue weighted by molar-refractivity contribution is 6.40. The van der Waals surface area contributed by atoms with Crippen molar-refractivity contribution in [2.75, 3.05) is 0 Å². The van der Waals surface area contributed by atoms with Crippen molar-refractivity contribution in [3.63, 3.8) is 0 Å². The highest BCUT2D eigenvalue weighted by Gasteiger charge is 2.42. The lowest BCUT2D eigenvalue weighted by molar-refractivity contribution is 0.282. The van der Waals surface area contributed by atoms with E-state index < -0.39 is 201 Å². The van der Waals surface area contributed by atoms with Crippen LogP contribution < -0.4 is 14.0 Å². The maximum atomic E-state index is 16.0. The molecule has 0 fully saturated rings. The average Bonchev–Trinajstić information content (AvgIpc) is 3.21. The summed E-state index contributed by atoms with van der Waals surface area (Å²) in [6.07, 6.45) is 0. The van der Waals surface area contributed by atoms with E-state index in [0.717, 1.165) is 0 Å². The quantitative estimate of drug-likeness (QED) is 0.0416. The van der Waals surface area contributed by atoms with Gasteiger partial charge in [0.15, 0.2) is 105 Å². The topological polar surface area (TPSA) is 27.7 Å². The minimum atomic E-state index is -3.87. The van der Waals surface area contributed by atoms with Crippen LogP contribution in [0, 0.1) is 122 Å². The molecule has 8 aromatic rings. The molecule has 0 N–H and O–H groups in total. The molecule has 0 atom stereocenters. The van der Waals surface area contributed by atoms with E-state index in [4.69, 9.17) is 4.65 Å². The largest absolute Gasteiger partial charge is 0.864 e. The van der Waals surface area contributed by atoms with E-state index >= 15 is 48.3 Å². The Kier molecular flexibility index (Phi) is 9.20. The minimum Gasteiger partial charge on any atom is -0.487 e. The monoisotopic (exact) mass is 892 g/mol. The smallest absolute Gasteiger partial charge is 0.487 e. The molecule has 3 nitrogen and oxygen atoms in total. The molecule has 0 aliphatic carbocycles. The number of benzene rings is 8. The van der Waals surface area contributed by atoms with Gasteiger partial charge in [-0.3, -0.25) is 0 Å². The predicted molar refractivity (Wildman–Crippen MR) is 165 cm³/mol. The van der Waals surface area contributed by atoms with Crippen LogP contribution in [0.2, 0.25) is 0 Å². The van der Waals surface area contributed by atoms with Gasteiger partial charge in [0.2, 0.25) is 11.6 Å². The third-order valence-electron chi connectivity index (χ3n) is 9.21. The molecule has 61 heavy (non-hydrogen) atoms. The Bertz CT molecular complexity index is 3300. The van der Waals surface area contributed by atoms with Crippen LogP contribution in [0.25, 0.3) is 53.9 Å². The number of fused-ring (bicyclic) bond motifs is 2. The van der Waals surface area contributed by atoms with Crippen LogP contribution >= 0.6 is 0 Å². The van der Waals surface area contributed by atoms with Gasteiger partial charge in [-0.1, -0.05) is 0 Å². The predicted octanol–water partition coefficient (Wildman–Crippen LogP) is 12.3. The van der Waals surface area contributed by atoms with Crippen molar-refractivity contribution in [2.45, 2.75) is 0 Å². The van der Waals surface area contributed by atoms with Gasteiger partial charge in [0.05, 0.1) is 43.1 Å². The molecular formula is C36H2BF21O3. The van der Waals surface area contributed by atoms with Crippen molar-refractivity contribution >= 4 is 61.2 Å². The molecule has 0 spiro atoms. The third kappa shape index (κ3) is 5.39. The molecule has 0 amide bonds. The van der Waals surface area contributed by atoms with Crippen molar-refractivity contribution in [3.8, 4) is 17.2 Å². The van der Waals surface area contributed by atoms with E-state index in [1.165, 1.54) is 0 Å². The Morgan fingerprint density at radius 2 is 0.525 bits per heavy atom. The first kappa shape index (κ1) is 41.1. The summed E-state index contributed by atoms with van der Waals surface area (Å²) in [5, 5.41) is -21.5. The molecule has 25 heteroatoms. The molecule has 8 aromatic carbocycles. The van der Waals surface area contributed by atoms with Gasteiger partial charge in [-0.2, -0.15) is 13.2 Å². The van der Waals surface area contributed by atoms with E-state index in [-0.39, 0.29) is 12.1 Å². The zero-order valence-corrected chi connectivity index (χ0v) is 27.9. The van der Waals surface area contributed by atoms with E-state index in [9.17, 15) is 43.9 Å². The molecular weight excluding hydrogens is 890 g/mol. The molecule has 0 unspecified atom stereocenters. The fraction of sp³-hybridized carbons (Fsp3) is 0. The molecule has 0 radical (unpaired) electrons. The Hall–Kier alpha value is -6.69. The summed E-state index contributed by atoms with van der Waals surface area (Å²) in [4.78, 5) is 0. The molecule has 0 heterocycles. The molecule has 0 saturated heterocycles. The van der Waals surface area contributed by atoms with Crippen LogP contribution in [0.5, 0.6) is 17.2 Å². The van der Waals surface area contributed by atoms with Crippen LogP contribution in [0.4, 0.5) is 92.2 Å². The standard InChI is InChI=1S/C36H2BF21O3/c38-3-1-4(39)16(40)5(2-3)59-37(61-36-15-13(26(50)32(56)34(36)58)17(41)11-12(18(15)42)25(49)31(55)30(54)24(11)48)60-35-14-7-6-8(19(43)20(44)10(7)27(51)33(35)57)22(46)29(53)23(47)9(6)21(45)28(14)52/h1-2H. The minimum absolute atomic E-state index is 0.208. The first-order valence-electron chi connectivity index (χ1n) is 15.7.